The standard InChI is InChI=1S/C26H24N4O4/c1-34-21-13-7-17(8-14-21)15-23-25(19-5-3-2-4-6-19)26-27-22(16-24(31)29(26)28-23)18-9-11-20(12-10-18)30(32)33/h2-14,16,23,25-28H,15H2,1H3. The minimum absolute atomic E-state index is 0.0114. The van der Waals surface area contributed by atoms with Gasteiger partial charge >= 0.3 is 0 Å². The van der Waals surface area contributed by atoms with Crippen LogP contribution in [0.25, 0.3) is 5.70 Å². The number of fused-ring (bicyclic) bond motifs is 1. The van der Waals surface area contributed by atoms with Crippen LogP contribution in [0, 0.1) is 10.1 Å². The van der Waals surface area contributed by atoms with E-state index in [4.69, 9.17) is 4.74 Å². The van der Waals surface area contributed by atoms with Gasteiger partial charge in [-0.25, -0.2) is 5.43 Å². The Labute approximate surface area is 197 Å². The van der Waals surface area contributed by atoms with Crippen LogP contribution in [0.15, 0.2) is 84.9 Å². The number of nitro benzene ring substituents is 1. The van der Waals surface area contributed by atoms with Gasteiger partial charge in [-0.05, 0) is 47.4 Å². The molecule has 2 heterocycles. The van der Waals surface area contributed by atoms with Gasteiger partial charge in [0.2, 0.25) is 0 Å². The zero-order valence-corrected chi connectivity index (χ0v) is 18.5. The number of ether oxygens (including phenoxy) is 1. The molecule has 2 aliphatic heterocycles. The van der Waals surface area contributed by atoms with Gasteiger partial charge in [0.1, 0.15) is 11.9 Å². The quantitative estimate of drug-likeness (QED) is 0.435. The van der Waals surface area contributed by atoms with Crippen molar-refractivity contribution in [3.63, 3.8) is 0 Å². The first-order chi connectivity index (χ1) is 16.5. The summed E-state index contributed by atoms with van der Waals surface area (Å²) >= 11 is 0. The maximum atomic E-state index is 13.1. The van der Waals surface area contributed by atoms with Crippen LogP contribution in [-0.2, 0) is 11.2 Å². The van der Waals surface area contributed by atoms with Gasteiger partial charge in [0, 0.05) is 35.9 Å². The van der Waals surface area contributed by atoms with Crippen molar-refractivity contribution >= 4 is 17.3 Å². The smallest absolute Gasteiger partial charge is 0.269 e. The number of nitrogens with zero attached hydrogens (tertiary/aromatic N) is 2. The highest BCUT2D eigenvalue weighted by Gasteiger charge is 2.46. The SMILES string of the molecule is COc1ccc(CC2NN3C(=O)C=C(c4ccc([N+](=O)[O-])cc4)NC3C2c2ccccc2)cc1. The molecule has 0 bridgehead atoms. The Kier molecular flexibility index (Phi) is 5.73. The predicted molar refractivity (Wildman–Crippen MR) is 128 cm³/mol. The third-order valence-electron chi connectivity index (χ3n) is 6.35. The molecule has 2 aliphatic rings. The minimum atomic E-state index is -0.435. The molecule has 0 radical (unpaired) electrons. The number of nitro groups is 1. The van der Waals surface area contributed by atoms with Crippen molar-refractivity contribution in [2.24, 2.45) is 0 Å². The van der Waals surface area contributed by atoms with E-state index in [1.54, 1.807) is 24.3 Å². The van der Waals surface area contributed by atoms with Crippen LogP contribution >= 0.6 is 0 Å². The number of carbonyl (C=O) groups excluding carboxylic acids is 1. The molecule has 0 spiro atoms. The first kappa shape index (κ1) is 21.7. The normalized spacial score (nSPS) is 21.4. The van der Waals surface area contributed by atoms with E-state index >= 15 is 0 Å². The minimum Gasteiger partial charge on any atom is -0.497 e. The molecule has 8 heteroatoms. The topological polar surface area (TPSA) is 96.7 Å². The summed E-state index contributed by atoms with van der Waals surface area (Å²) in [5.41, 5.74) is 7.06. The summed E-state index contributed by atoms with van der Waals surface area (Å²) in [6.45, 7) is 0. The lowest BCUT2D eigenvalue weighted by atomic mass is 9.86. The number of benzene rings is 3. The molecule has 0 aliphatic carbocycles. The van der Waals surface area contributed by atoms with Gasteiger partial charge in [-0.2, -0.15) is 0 Å². The fourth-order valence-electron chi connectivity index (χ4n) is 4.68. The first-order valence-corrected chi connectivity index (χ1v) is 11.0. The van der Waals surface area contributed by atoms with Crippen LogP contribution in [0.5, 0.6) is 5.75 Å². The number of carbonyl (C=O) groups is 1. The number of rotatable bonds is 6. The largest absolute Gasteiger partial charge is 0.497 e. The summed E-state index contributed by atoms with van der Waals surface area (Å²) in [7, 11) is 1.64. The molecule has 1 fully saturated rings. The number of hydrogen-bond donors (Lipinski definition) is 2. The number of nitrogens with one attached hydrogen (secondary N) is 2. The average molecular weight is 457 g/mol. The monoisotopic (exact) mass is 456 g/mol. The Morgan fingerprint density at radius 3 is 2.35 bits per heavy atom. The highest BCUT2D eigenvalue weighted by atomic mass is 16.6. The summed E-state index contributed by atoms with van der Waals surface area (Å²) in [5.74, 6) is 0.623. The molecule has 1 amide bonds. The molecule has 1 saturated heterocycles. The molecular weight excluding hydrogens is 432 g/mol. The van der Waals surface area contributed by atoms with Gasteiger partial charge in [-0.3, -0.25) is 19.9 Å². The number of hydrazine groups is 1. The summed E-state index contributed by atoms with van der Waals surface area (Å²) in [6, 6.07) is 24.3. The van der Waals surface area contributed by atoms with E-state index in [9.17, 15) is 14.9 Å². The van der Waals surface area contributed by atoms with Gasteiger partial charge in [0.05, 0.1) is 12.0 Å². The molecule has 2 N–H and O–H groups in total. The van der Waals surface area contributed by atoms with Crippen molar-refractivity contribution in [2.75, 3.05) is 7.11 Å². The van der Waals surface area contributed by atoms with Gasteiger partial charge < -0.3 is 10.1 Å². The highest BCUT2D eigenvalue weighted by Crippen LogP contribution is 2.36. The van der Waals surface area contributed by atoms with Crippen LogP contribution in [-0.4, -0.2) is 35.2 Å². The van der Waals surface area contributed by atoms with E-state index in [1.807, 2.05) is 42.5 Å². The van der Waals surface area contributed by atoms with Crippen molar-refractivity contribution < 1.29 is 14.5 Å². The van der Waals surface area contributed by atoms with Crippen molar-refractivity contribution in [1.29, 1.82) is 0 Å². The Balaban J connectivity index is 1.45. The summed E-state index contributed by atoms with van der Waals surface area (Å²) in [5, 5.41) is 16.2. The molecule has 0 aromatic heterocycles. The van der Waals surface area contributed by atoms with Crippen LogP contribution in [0.2, 0.25) is 0 Å². The van der Waals surface area contributed by atoms with E-state index in [-0.39, 0.29) is 29.7 Å². The fourth-order valence-corrected chi connectivity index (χ4v) is 4.68. The average Bonchev–Trinajstić information content (AvgIpc) is 3.23. The Hall–Kier alpha value is -4.17. The van der Waals surface area contributed by atoms with Crippen LogP contribution < -0.4 is 15.5 Å². The Morgan fingerprint density at radius 1 is 1.00 bits per heavy atom. The lowest BCUT2D eigenvalue weighted by Crippen LogP contribution is -2.52. The molecule has 172 valence electrons. The second kappa shape index (κ2) is 8.99. The predicted octanol–water partition coefficient (Wildman–Crippen LogP) is 3.62. The van der Waals surface area contributed by atoms with Crippen LogP contribution in [0.3, 0.4) is 0 Å². The lowest BCUT2D eigenvalue weighted by Gasteiger charge is -2.33. The van der Waals surface area contributed by atoms with E-state index < -0.39 is 4.92 Å². The molecule has 3 aromatic carbocycles. The van der Waals surface area contributed by atoms with Crippen LogP contribution in [0.1, 0.15) is 22.6 Å². The van der Waals surface area contributed by atoms with Crippen molar-refractivity contribution in [1.82, 2.24) is 15.8 Å². The molecule has 34 heavy (non-hydrogen) atoms. The molecule has 8 nitrogen and oxygen atoms in total. The fraction of sp³-hybridized carbons (Fsp3) is 0.192. The van der Waals surface area contributed by atoms with E-state index in [2.05, 4.69) is 22.9 Å². The third kappa shape index (κ3) is 4.11. The van der Waals surface area contributed by atoms with Crippen molar-refractivity contribution in [2.45, 2.75) is 24.5 Å². The second-order valence-corrected chi connectivity index (χ2v) is 8.38. The molecule has 5 rings (SSSR count). The zero-order valence-electron chi connectivity index (χ0n) is 18.5. The highest BCUT2D eigenvalue weighted by molar-refractivity contribution is 5.97. The van der Waals surface area contributed by atoms with Crippen molar-refractivity contribution in [3.8, 4) is 5.75 Å². The molecule has 3 atom stereocenters. The Morgan fingerprint density at radius 2 is 1.71 bits per heavy atom. The molecule has 3 unspecified atom stereocenters. The number of hydrogen-bond acceptors (Lipinski definition) is 6. The van der Waals surface area contributed by atoms with Gasteiger partial charge in [0.15, 0.2) is 0 Å². The summed E-state index contributed by atoms with van der Waals surface area (Å²) < 4.78 is 5.27. The number of amides is 1. The molecular formula is C26H24N4O4. The van der Waals surface area contributed by atoms with Gasteiger partial charge in [-0.1, -0.05) is 42.5 Å². The molecule has 3 aromatic rings. The maximum Gasteiger partial charge on any atom is 0.269 e. The van der Waals surface area contributed by atoms with Gasteiger partial charge in [-0.15, -0.1) is 0 Å². The summed E-state index contributed by atoms with van der Waals surface area (Å²) in [6.07, 6.45) is 1.94. The lowest BCUT2D eigenvalue weighted by molar-refractivity contribution is -0.384. The van der Waals surface area contributed by atoms with E-state index in [0.717, 1.165) is 28.9 Å². The van der Waals surface area contributed by atoms with Crippen LogP contribution in [0.4, 0.5) is 5.69 Å². The molecule has 0 saturated carbocycles. The number of non-ortho nitro benzene ring substituents is 1. The van der Waals surface area contributed by atoms with Crippen molar-refractivity contribution in [3.05, 3.63) is 112 Å². The maximum absolute atomic E-state index is 13.1. The van der Waals surface area contributed by atoms with E-state index in [0.29, 0.717) is 5.70 Å². The van der Waals surface area contributed by atoms with Gasteiger partial charge in [0.25, 0.3) is 11.6 Å². The first-order valence-electron chi connectivity index (χ1n) is 11.0. The number of methoxy groups -OCH3 is 1. The Bertz CT molecular complexity index is 1230. The third-order valence-corrected chi connectivity index (χ3v) is 6.35. The zero-order chi connectivity index (χ0) is 23.7. The summed E-state index contributed by atoms with van der Waals surface area (Å²) in [4.78, 5) is 23.7. The second-order valence-electron chi connectivity index (χ2n) is 8.38. The van der Waals surface area contributed by atoms with E-state index in [1.165, 1.54) is 18.2 Å².